The minimum atomic E-state index is -0.456. The summed E-state index contributed by atoms with van der Waals surface area (Å²) in [6.45, 7) is 1.35. The Morgan fingerprint density at radius 1 is 0.839 bits per heavy atom. The summed E-state index contributed by atoms with van der Waals surface area (Å²) < 4.78 is 11.2. The van der Waals surface area contributed by atoms with Gasteiger partial charge in [-0.2, -0.15) is 0 Å². The van der Waals surface area contributed by atoms with E-state index in [2.05, 4.69) is 15.8 Å². The van der Waals surface area contributed by atoms with Crippen molar-refractivity contribution in [1.82, 2.24) is 15.8 Å². The number of rotatable bonds is 9. The topological polar surface area (TPSA) is 79.9 Å². The zero-order valence-corrected chi connectivity index (χ0v) is 17.8. The first-order valence-electron chi connectivity index (χ1n) is 10.1. The van der Waals surface area contributed by atoms with Gasteiger partial charge in [0.05, 0.1) is 6.61 Å². The predicted molar refractivity (Wildman–Crippen MR) is 120 cm³/mol. The van der Waals surface area contributed by atoms with Crippen molar-refractivity contribution in [3.63, 3.8) is 0 Å². The first-order valence-corrected chi connectivity index (χ1v) is 10.1. The molecular formula is C24H27N3O4. The molecule has 0 aromatic heterocycles. The van der Waals surface area contributed by atoms with Crippen LogP contribution in [0.4, 0.5) is 0 Å². The van der Waals surface area contributed by atoms with E-state index >= 15 is 0 Å². The molecule has 0 heterocycles. The van der Waals surface area contributed by atoms with Crippen LogP contribution in [0.15, 0.2) is 66.7 Å². The number of amides is 2. The van der Waals surface area contributed by atoms with Gasteiger partial charge in [0.25, 0.3) is 11.8 Å². The van der Waals surface area contributed by atoms with Crippen LogP contribution in [0.3, 0.4) is 0 Å². The van der Waals surface area contributed by atoms with Gasteiger partial charge in [-0.05, 0) is 67.7 Å². The Morgan fingerprint density at radius 2 is 1.55 bits per heavy atom. The predicted octanol–water partition coefficient (Wildman–Crippen LogP) is 3.01. The maximum Gasteiger partial charge on any atom is 0.276 e. The maximum absolute atomic E-state index is 12.2. The third-order valence-corrected chi connectivity index (χ3v) is 4.54. The number of carbonyl (C=O) groups is 2. The summed E-state index contributed by atoms with van der Waals surface area (Å²) in [7, 11) is 4.03. The molecule has 0 unspecified atom stereocenters. The lowest BCUT2D eigenvalue weighted by atomic mass is 10.1. The fourth-order valence-electron chi connectivity index (χ4n) is 2.91. The lowest BCUT2D eigenvalue weighted by Crippen LogP contribution is -2.43. The van der Waals surface area contributed by atoms with Crippen LogP contribution < -0.4 is 20.3 Å². The summed E-state index contributed by atoms with van der Waals surface area (Å²) in [4.78, 5) is 26.3. The smallest absolute Gasteiger partial charge is 0.276 e. The lowest BCUT2D eigenvalue weighted by molar-refractivity contribution is -0.123. The van der Waals surface area contributed by atoms with Crippen LogP contribution in [0.2, 0.25) is 0 Å². The highest BCUT2D eigenvalue weighted by Crippen LogP contribution is 2.20. The monoisotopic (exact) mass is 421 g/mol. The first-order chi connectivity index (χ1) is 15.0. The molecule has 0 atom stereocenters. The van der Waals surface area contributed by atoms with E-state index in [1.54, 1.807) is 30.3 Å². The maximum atomic E-state index is 12.2. The number of hydrazine groups is 1. The van der Waals surface area contributed by atoms with Crippen LogP contribution in [0.5, 0.6) is 11.5 Å². The van der Waals surface area contributed by atoms with E-state index in [4.69, 9.17) is 9.47 Å². The number of nitrogens with zero attached hydrogens (tertiary/aromatic N) is 1. The molecule has 2 amide bonds. The Hall–Kier alpha value is -3.58. The van der Waals surface area contributed by atoms with E-state index in [0.29, 0.717) is 23.7 Å². The Balaban J connectivity index is 1.40. The second-order valence-corrected chi connectivity index (χ2v) is 7.33. The normalized spacial score (nSPS) is 10.7. The summed E-state index contributed by atoms with van der Waals surface area (Å²) in [5.74, 6) is 0.407. The molecule has 0 fully saturated rings. The van der Waals surface area contributed by atoms with Gasteiger partial charge in [0.2, 0.25) is 0 Å². The van der Waals surface area contributed by atoms with E-state index in [1.807, 2.05) is 50.5 Å². The van der Waals surface area contributed by atoms with Crippen molar-refractivity contribution in [3.8, 4) is 11.5 Å². The number of carbonyl (C=O) groups excluding carboxylic acids is 2. The quantitative estimate of drug-likeness (QED) is 0.410. The second kappa shape index (κ2) is 11.0. The summed E-state index contributed by atoms with van der Waals surface area (Å²) in [5, 5.41) is 2.12. The summed E-state index contributed by atoms with van der Waals surface area (Å²) in [6, 6.07) is 20.2. The number of benzene rings is 3. The largest absolute Gasteiger partial charge is 0.494 e. The summed E-state index contributed by atoms with van der Waals surface area (Å²) >= 11 is 0. The van der Waals surface area contributed by atoms with Crippen molar-refractivity contribution in [2.45, 2.75) is 6.42 Å². The third kappa shape index (κ3) is 7.01. The van der Waals surface area contributed by atoms with Gasteiger partial charge in [-0.1, -0.05) is 30.3 Å². The van der Waals surface area contributed by atoms with Crippen molar-refractivity contribution < 1.29 is 19.1 Å². The highest BCUT2D eigenvalue weighted by molar-refractivity contribution is 5.95. The summed E-state index contributed by atoms with van der Waals surface area (Å²) in [5.41, 5.74) is 5.15. The zero-order valence-electron chi connectivity index (χ0n) is 17.8. The molecule has 0 bridgehead atoms. The molecule has 7 heteroatoms. The molecule has 0 saturated heterocycles. The molecule has 3 aromatic carbocycles. The Labute approximate surface area is 181 Å². The second-order valence-electron chi connectivity index (χ2n) is 7.33. The molecule has 0 saturated carbocycles. The van der Waals surface area contributed by atoms with E-state index in [0.717, 1.165) is 23.7 Å². The highest BCUT2D eigenvalue weighted by atomic mass is 16.5. The van der Waals surface area contributed by atoms with Gasteiger partial charge in [0, 0.05) is 12.1 Å². The van der Waals surface area contributed by atoms with Crippen molar-refractivity contribution in [3.05, 3.63) is 72.3 Å². The van der Waals surface area contributed by atoms with Gasteiger partial charge >= 0.3 is 0 Å². The number of hydrogen-bond acceptors (Lipinski definition) is 5. The Bertz CT molecular complexity index is 1020. The van der Waals surface area contributed by atoms with E-state index in [-0.39, 0.29) is 6.61 Å². The fourth-order valence-corrected chi connectivity index (χ4v) is 2.91. The minimum absolute atomic E-state index is 0.210. The van der Waals surface area contributed by atoms with Gasteiger partial charge in [0.1, 0.15) is 11.5 Å². The number of fused-ring (bicyclic) bond motifs is 1. The standard InChI is InChI=1S/C24H27N3O4/c1-27(2)14-5-15-30-21-11-9-19(10-12-21)24(29)26-25-23(28)17-31-22-13-8-18-6-3-4-7-20(18)16-22/h3-4,6-13,16H,5,14-15,17H2,1-2H3,(H,25,28)(H,26,29). The van der Waals surface area contributed by atoms with E-state index in [1.165, 1.54) is 0 Å². The van der Waals surface area contributed by atoms with Gasteiger partial charge in [-0.3, -0.25) is 20.4 Å². The minimum Gasteiger partial charge on any atom is -0.494 e. The van der Waals surface area contributed by atoms with Crippen LogP contribution in [0.25, 0.3) is 10.8 Å². The Morgan fingerprint density at radius 3 is 2.29 bits per heavy atom. The van der Waals surface area contributed by atoms with Crippen LogP contribution in [0.1, 0.15) is 16.8 Å². The molecule has 31 heavy (non-hydrogen) atoms. The van der Waals surface area contributed by atoms with Crippen LogP contribution in [0, 0.1) is 0 Å². The van der Waals surface area contributed by atoms with Gasteiger partial charge in [-0.15, -0.1) is 0 Å². The van der Waals surface area contributed by atoms with Crippen molar-refractivity contribution in [2.24, 2.45) is 0 Å². The molecule has 0 aliphatic carbocycles. The first kappa shape index (κ1) is 22.1. The fraction of sp³-hybridized carbons (Fsp3) is 0.250. The molecule has 0 radical (unpaired) electrons. The zero-order chi connectivity index (χ0) is 22.1. The average molecular weight is 421 g/mol. The molecule has 0 spiro atoms. The van der Waals surface area contributed by atoms with Crippen molar-refractivity contribution in [2.75, 3.05) is 33.9 Å². The van der Waals surface area contributed by atoms with Gasteiger partial charge in [-0.25, -0.2) is 0 Å². The molecule has 0 aliphatic heterocycles. The van der Waals surface area contributed by atoms with Gasteiger partial charge < -0.3 is 14.4 Å². The molecule has 3 rings (SSSR count). The average Bonchev–Trinajstić information content (AvgIpc) is 2.79. The summed E-state index contributed by atoms with van der Waals surface area (Å²) in [6.07, 6.45) is 0.919. The van der Waals surface area contributed by atoms with Crippen LogP contribution in [-0.2, 0) is 4.79 Å². The molecule has 7 nitrogen and oxygen atoms in total. The number of ether oxygens (including phenoxy) is 2. The number of hydrogen-bond donors (Lipinski definition) is 2. The van der Waals surface area contributed by atoms with E-state index < -0.39 is 11.8 Å². The van der Waals surface area contributed by atoms with Crippen LogP contribution in [-0.4, -0.2) is 50.6 Å². The molecular weight excluding hydrogens is 394 g/mol. The highest BCUT2D eigenvalue weighted by Gasteiger charge is 2.09. The van der Waals surface area contributed by atoms with Crippen molar-refractivity contribution in [1.29, 1.82) is 0 Å². The molecule has 2 N–H and O–H groups in total. The molecule has 162 valence electrons. The van der Waals surface area contributed by atoms with Crippen LogP contribution >= 0.6 is 0 Å². The SMILES string of the molecule is CN(C)CCCOc1ccc(C(=O)NNC(=O)COc2ccc3ccccc3c2)cc1. The molecule has 0 aliphatic rings. The van der Waals surface area contributed by atoms with E-state index in [9.17, 15) is 9.59 Å². The lowest BCUT2D eigenvalue weighted by Gasteiger charge is -2.11. The van der Waals surface area contributed by atoms with Crippen molar-refractivity contribution >= 4 is 22.6 Å². The number of nitrogens with one attached hydrogen (secondary N) is 2. The Kier molecular flexibility index (Phi) is 7.84. The van der Waals surface area contributed by atoms with Gasteiger partial charge in [0.15, 0.2) is 6.61 Å². The molecule has 3 aromatic rings. The third-order valence-electron chi connectivity index (χ3n) is 4.54.